The molecule has 112 valence electrons. The summed E-state index contributed by atoms with van der Waals surface area (Å²) >= 11 is 0. The SMILES string of the molecule is O=C(O)C1(C(F)(F)F)CCN(c2cncc3nnnn23)C1. The average Bonchev–Trinajstić information content (AvgIpc) is 3.04. The number of halogens is 3. The van der Waals surface area contributed by atoms with Crippen LogP contribution < -0.4 is 4.90 Å². The quantitative estimate of drug-likeness (QED) is 0.855. The van der Waals surface area contributed by atoms with Crippen LogP contribution in [-0.2, 0) is 4.79 Å². The summed E-state index contributed by atoms with van der Waals surface area (Å²) in [5, 5.41) is 19.7. The lowest BCUT2D eigenvalue weighted by atomic mass is 9.86. The van der Waals surface area contributed by atoms with Crippen molar-refractivity contribution < 1.29 is 23.1 Å². The molecular weight excluding hydrogens is 293 g/mol. The molecule has 0 saturated carbocycles. The Kier molecular flexibility index (Phi) is 2.75. The number of nitrogens with zero attached hydrogens (tertiary/aromatic N) is 6. The van der Waals surface area contributed by atoms with E-state index in [-0.39, 0.29) is 18.0 Å². The number of hydrogen-bond donors (Lipinski definition) is 1. The number of rotatable bonds is 2. The van der Waals surface area contributed by atoms with Gasteiger partial charge in [0.05, 0.1) is 12.4 Å². The average molecular weight is 302 g/mol. The van der Waals surface area contributed by atoms with Gasteiger partial charge in [0.15, 0.2) is 16.9 Å². The molecule has 1 saturated heterocycles. The van der Waals surface area contributed by atoms with Crippen molar-refractivity contribution in [1.82, 2.24) is 25.0 Å². The van der Waals surface area contributed by atoms with Crippen molar-refractivity contribution in [3.63, 3.8) is 0 Å². The van der Waals surface area contributed by atoms with Crippen molar-refractivity contribution in [3.05, 3.63) is 12.4 Å². The maximum Gasteiger partial charge on any atom is 0.406 e. The number of anilines is 1. The fourth-order valence-electron chi connectivity index (χ4n) is 2.41. The van der Waals surface area contributed by atoms with E-state index < -0.39 is 30.5 Å². The van der Waals surface area contributed by atoms with Crippen LogP contribution in [-0.4, -0.2) is 55.4 Å². The minimum Gasteiger partial charge on any atom is -0.481 e. The van der Waals surface area contributed by atoms with Crippen LogP contribution in [0.4, 0.5) is 19.0 Å². The van der Waals surface area contributed by atoms with Gasteiger partial charge in [0.1, 0.15) is 0 Å². The summed E-state index contributed by atoms with van der Waals surface area (Å²) in [6.45, 7) is -0.779. The Labute approximate surface area is 115 Å². The lowest BCUT2D eigenvalue weighted by Crippen LogP contribution is -2.47. The summed E-state index contributed by atoms with van der Waals surface area (Å²) in [4.78, 5) is 16.3. The van der Waals surface area contributed by atoms with Gasteiger partial charge in [0.25, 0.3) is 0 Å². The van der Waals surface area contributed by atoms with E-state index in [0.717, 1.165) is 0 Å². The van der Waals surface area contributed by atoms with Crippen molar-refractivity contribution >= 4 is 17.4 Å². The van der Waals surface area contributed by atoms with Crippen LogP contribution in [0.15, 0.2) is 12.4 Å². The van der Waals surface area contributed by atoms with Gasteiger partial charge in [-0.1, -0.05) is 0 Å². The van der Waals surface area contributed by atoms with E-state index in [2.05, 4.69) is 20.5 Å². The number of aliphatic carboxylic acids is 1. The summed E-state index contributed by atoms with van der Waals surface area (Å²) in [7, 11) is 0. The van der Waals surface area contributed by atoms with Gasteiger partial charge in [0, 0.05) is 13.1 Å². The largest absolute Gasteiger partial charge is 0.481 e. The van der Waals surface area contributed by atoms with E-state index in [4.69, 9.17) is 5.11 Å². The van der Waals surface area contributed by atoms with Crippen molar-refractivity contribution in [2.24, 2.45) is 5.41 Å². The van der Waals surface area contributed by atoms with Crippen LogP contribution >= 0.6 is 0 Å². The molecule has 8 nitrogen and oxygen atoms in total. The van der Waals surface area contributed by atoms with Crippen LogP contribution in [0.2, 0.25) is 0 Å². The molecule has 0 bridgehead atoms. The zero-order valence-corrected chi connectivity index (χ0v) is 10.4. The summed E-state index contributed by atoms with van der Waals surface area (Å²) in [6.07, 6.45) is -2.72. The Balaban J connectivity index is 2.00. The van der Waals surface area contributed by atoms with Gasteiger partial charge < -0.3 is 10.0 Å². The van der Waals surface area contributed by atoms with Gasteiger partial charge in [-0.05, 0) is 16.8 Å². The molecule has 3 rings (SSSR count). The van der Waals surface area contributed by atoms with Crippen molar-refractivity contribution in [2.75, 3.05) is 18.0 Å². The van der Waals surface area contributed by atoms with Crippen LogP contribution in [0.5, 0.6) is 0 Å². The topological polar surface area (TPSA) is 96.5 Å². The van der Waals surface area contributed by atoms with Gasteiger partial charge in [0.2, 0.25) is 0 Å². The van der Waals surface area contributed by atoms with Gasteiger partial charge in [-0.3, -0.25) is 9.78 Å². The number of tetrazole rings is 1. The highest BCUT2D eigenvalue weighted by molar-refractivity contribution is 5.77. The first-order valence-corrected chi connectivity index (χ1v) is 5.92. The molecule has 0 radical (unpaired) electrons. The van der Waals surface area contributed by atoms with Gasteiger partial charge in [-0.2, -0.15) is 17.7 Å². The predicted octanol–water partition coefficient (Wildman–Crippen LogP) is 0.363. The number of carboxylic acid groups (broad SMARTS) is 1. The summed E-state index contributed by atoms with van der Waals surface area (Å²) < 4.78 is 40.6. The number of alkyl halides is 3. The van der Waals surface area contributed by atoms with Crippen LogP contribution in [0.1, 0.15) is 6.42 Å². The monoisotopic (exact) mass is 302 g/mol. The van der Waals surface area contributed by atoms with E-state index in [1.807, 2.05) is 0 Å². The Hall–Kier alpha value is -2.46. The minimum absolute atomic E-state index is 0.0769. The molecule has 3 heterocycles. The Morgan fingerprint density at radius 2 is 2.14 bits per heavy atom. The molecule has 0 aliphatic carbocycles. The fourth-order valence-corrected chi connectivity index (χ4v) is 2.41. The number of hydrogen-bond acceptors (Lipinski definition) is 6. The molecule has 1 aliphatic rings. The van der Waals surface area contributed by atoms with Crippen LogP contribution in [0.25, 0.3) is 5.65 Å². The van der Waals surface area contributed by atoms with Gasteiger partial charge in [-0.15, -0.1) is 5.10 Å². The van der Waals surface area contributed by atoms with E-state index in [1.165, 1.54) is 21.8 Å². The van der Waals surface area contributed by atoms with Crippen molar-refractivity contribution in [1.29, 1.82) is 0 Å². The Bertz CT molecular complexity index is 701. The maximum atomic E-state index is 13.1. The lowest BCUT2D eigenvalue weighted by molar-refractivity contribution is -0.225. The Morgan fingerprint density at radius 3 is 2.76 bits per heavy atom. The second kappa shape index (κ2) is 4.27. The lowest BCUT2D eigenvalue weighted by Gasteiger charge is -2.27. The van der Waals surface area contributed by atoms with E-state index in [0.29, 0.717) is 0 Å². The van der Waals surface area contributed by atoms with Crippen LogP contribution in [0, 0.1) is 5.41 Å². The molecule has 0 spiro atoms. The van der Waals surface area contributed by atoms with Gasteiger partial charge >= 0.3 is 12.1 Å². The second-order valence-electron chi connectivity index (χ2n) is 4.77. The van der Waals surface area contributed by atoms with E-state index in [9.17, 15) is 18.0 Å². The van der Waals surface area contributed by atoms with Crippen molar-refractivity contribution in [2.45, 2.75) is 12.6 Å². The minimum atomic E-state index is -4.84. The third-order valence-electron chi connectivity index (χ3n) is 3.64. The highest BCUT2D eigenvalue weighted by Gasteiger charge is 2.63. The molecule has 1 aliphatic heterocycles. The third kappa shape index (κ3) is 1.87. The zero-order chi connectivity index (χ0) is 15.3. The predicted molar refractivity (Wildman–Crippen MR) is 61.5 cm³/mol. The van der Waals surface area contributed by atoms with E-state index >= 15 is 0 Å². The normalized spacial score (nSPS) is 22.9. The summed E-state index contributed by atoms with van der Waals surface area (Å²) in [6, 6.07) is 0. The maximum absolute atomic E-state index is 13.1. The highest BCUT2D eigenvalue weighted by atomic mass is 19.4. The second-order valence-corrected chi connectivity index (χ2v) is 4.77. The Morgan fingerprint density at radius 1 is 1.38 bits per heavy atom. The number of fused-ring (bicyclic) bond motifs is 1. The first-order chi connectivity index (χ1) is 9.85. The summed E-state index contributed by atoms with van der Waals surface area (Å²) in [5.74, 6) is -1.65. The highest BCUT2D eigenvalue weighted by Crippen LogP contribution is 2.46. The van der Waals surface area contributed by atoms with Crippen LogP contribution in [0.3, 0.4) is 0 Å². The summed E-state index contributed by atoms with van der Waals surface area (Å²) in [5.41, 5.74) is -2.52. The molecule has 1 N–H and O–H groups in total. The fraction of sp³-hybridized carbons (Fsp3) is 0.500. The van der Waals surface area contributed by atoms with E-state index in [1.54, 1.807) is 0 Å². The molecule has 1 unspecified atom stereocenters. The smallest absolute Gasteiger partial charge is 0.406 e. The molecule has 11 heteroatoms. The molecule has 2 aromatic heterocycles. The first kappa shape index (κ1) is 13.5. The number of carboxylic acids is 1. The number of carbonyl (C=O) groups is 1. The number of aromatic nitrogens is 5. The van der Waals surface area contributed by atoms with Gasteiger partial charge in [-0.25, -0.2) is 0 Å². The molecule has 1 fully saturated rings. The molecule has 2 aromatic rings. The zero-order valence-electron chi connectivity index (χ0n) is 10.4. The molecular formula is C10H9F3N6O2. The molecule has 21 heavy (non-hydrogen) atoms. The van der Waals surface area contributed by atoms with Crippen molar-refractivity contribution in [3.8, 4) is 0 Å². The molecule has 0 amide bonds. The third-order valence-corrected chi connectivity index (χ3v) is 3.64. The molecule has 1 atom stereocenters. The molecule has 0 aromatic carbocycles. The standard InChI is InChI=1S/C10H9F3N6O2/c11-10(12,13)9(8(20)21)1-2-18(5-9)7-4-14-3-6-15-16-17-19(6)7/h3-4H,1-2,5H2,(H,20,21). The first-order valence-electron chi connectivity index (χ1n) is 5.92.